The van der Waals surface area contributed by atoms with Crippen LogP contribution in [0, 0.1) is 5.92 Å². The summed E-state index contributed by atoms with van der Waals surface area (Å²) in [7, 11) is 0. The van der Waals surface area contributed by atoms with E-state index in [2.05, 4.69) is 55.6 Å². The topological polar surface area (TPSA) is 98.3 Å². The number of pyridine rings is 1. The van der Waals surface area contributed by atoms with Crippen molar-refractivity contribution >= 4 is 35.3 Å². The van der Waals surface area contributed by atoms with Gasteiger partial charge in [0, 0.05) is 44.0 Å². The number of carbonyl (C=O) groups is 1. The second kappa shape index (κ2) is 9.35. The van der Waals surface area contributed by atoms with E-state index in [9.17, 15) is 4.79 Å². The average Bonchev–Trinajstić information content (AvgIpc) is 2.91. The lowest BCUT2D eigenvalue weighted by Gasteiger charge is -2.54. The van der Waals surface area contributed by atoms with Gasteiger partial charge in [-0.15, -0.1) is 0 Å². The van der Waals surface area contributed by atoms with Crippen LogP contribution in [0.3, 0.4) is 0 Å². The second-order valence-corrected chi connectivity index (χ2v) is 10.9. The summed E-state index contributed by atoms with van der Waals surface area (Å²) < 4.78 is 0. The number of anilines is 4. The third kappa shape index (κ3) is 4.19. The Balaban J connectivity index is 1.23. The molecule has 2 unspecified atom stereocenters. The number of piperazine rings is 2. The number of rotatable bonds is 4. The van der Waals surface area contributed by atoms with Crippen LogP contribution < -0.4 is 25.8 Å². The molecule has 2 aromatic heterocycles. The Hall–Kier alpha value is -3.20. The van der Waals surface area contributed by atoms with Crippen LogP contribution in [-0.2, 0) is 4.79 Å². The van der Waals surface area contributed by atoms with E-state index in [1.165, 1.54) is 19.3 Å². The van der Waals surface area contributed by atoms with E-state index in [-0.39, 0.29) is 17.5 Å². The summed E-state index contributed by atoms with van der Waals surface area (Å²) >= 11 is 0. The van der Waals surface area contributed by atoms with E-state index in [1.54, 1.807) is 0 Å². The van der Waals surface area contributed by atoms with Gasteiger partial charge in [0.1, 0.15) is 17.7 Å². The maximum atomic E-state index is 12.8. The summed E-state index contributed by atoms with van der Waals surface area (Å²) in [5.41, 5.74) is 2.00. The third-order valence-corrected chi connectivity index (χ3v) is 8.28. The molecule has 2 saturated heterocycles. The van der Waals surface area contributed by atoms with Gasteiger partial charge in [0.2, 0.25) is 11.9 Å². The zero-order chi connectivity index (χ0) is 24.7. The summed E-state index contributed by atoms with van der Waals surface area (Å²) in [6.45, 7) is 8.14. The van der Waals surface area contributed by atoms with E-state index < -0.39 is 0 Å². The number of hydrogen-bond donors (Lipinski definition) is 3. The average molecular weight is 489 g/mol. The van der Waals surface area contributed by atoms with Crippen LogP contribution in [-0.4, -0.2) is 64.7 Å². The maximum Gasteiger partial charge on any atom is 0.246 e. The molecule has 1 saturated carbocycles. The van der Waals surface area contributed by atoms with Crippen molar-refractivity contribution < 1.29 is 4.79 Å². The van der Waals surface area contributed by atoms with Crippen LogP contribution in [0.15, 0.2) is 30.6 Å². The molecule has 0 bridgehead atoms. The second-order valence-electron chi connectivity index (χ2n) is 10.9. The molecule has 190 valence electrons. The molecule has 5 heterocycles. The highest BCUT2D eigenvalue weighted by Crippen LogP contribution is 2.42. The van der Waals surface area contributed by atoms with Crippen molar-refractivity contribution in [3.05, 3.63) is 36.2 Å². The SMILES string of the molecule is CC(C)C1CN(c2ccc(Nc3ncc4c(n3)N3C(C=C4)C(=O)NCC34CCCCC4)nc2)CCN1. The number of carbonyl (C=O) groups excluding carboxylic acids is 1. The number of nitrogens with one attached hydrogen (secondary N) is 3. The Morgan fingerprint density at radius 2 is 2.00 bits per heavy atom. The Kier molecular flexibility index (Phi) is 6.03. The van der Waals surface area contributed by atoms with E-state index in [0.717, 1.165) is 49.5 Å². The zero-order valence-corrected chi connectivity index (χ0v) is 21.2. The number of fused-ring (bicyclic) bond motifs is 4. The van der Waals surface area contributed by atoms with Gasteiger partial charge in [-0.05, 0) is 30.9 Å². The molecule has 2 aromatic rings. The molecule has 0 aromatic carbocycles. The Bertz CT molecular complexity index is 1140. The van der Waals surface area contributed by atoms with E-state index in [4.69, 9.17) is 4.98 Å². The molecule has 4 aliphatic rings. The Morgan fingerprint density at radius 3 is 2.78 bits per heavy atom. The van der Waals surface area contributed by atoms with Crippen LogP contribution in [0.25, 0.3) is 6.08 Å². The first kappa shape index (κ1) is 23.2. The Morgan fingerprint density at radius 1 is 1.14 bits per heavy atom. The first-order valence-electron chi connectivity index (χ1n) is 13.4. The number of hydrogen-bond acceptors (Lipinski definition) is 8. The molecule has 1 spiro atoms. The molecule has 3 fully saturated rings. The molecule has 9 heteroatoms. The molecular weight excluding hydrogens is 452 g/mol. The van der Waals surface area contributed by atoms with Gasteiger partial charge < -0.3 is 25.8 Å². The van der Waals surface area contributed by atoms with Gasteiger partial charge in [-0.3, -0.25) is 4.79 Å². The first-order valence-corrected chi connectivity index (χ1v) is 13.4. The number of aromatic nitrogens is 3. The van der Waals surface area contributed by atoms with E-state index >= 15 is 0 Å². The third-order valence-electron chi connectivity index (χ3n) is 8.28. The molecule has 3 N–H and O–H groups in total. The molecule has 6 rings (SSSR count). The summed E-state index contributed by atoms with van der Waals surface area (Å²) in [6.07, 6.45) is 13.5. The van der Waals surface area contributed by atoms with Crippen molar-refractivity contribution in [3.8, 4) is 0 Å². The first-order chi connectivity index (χ1) is 17.5. The zero-order valence-electron chi connectivity index (χ0n) is 21.2. The maximum absolute atomic E-state index is 12.8. The lowest BCUT2D eigenvalue weighted by Crippen LogP contribution is -2.69. The van der Waals surface area contributed by atoms with Gasteiger partial charge in [-0.25, -0.2) is 9.97 Å². The Labute approximate surface area is 212 Å². The minimum atomic E-state index is -0.321. The van der Waals surface area contributed by atoms with Crippen LogP contribution in [0.1, 0.15) is 51.5 Å². The lowest BCUT2D eigenvalue weighted by molar-refractivity contribution is -0.123. The highest BCUT2D eigenvalue weighted by molar-refractivity contribution is 5.93. The van der Waals surface area contributed by atoms with Crippen molar-refractivity contribution in [2.75, 3.05) is 41.3 Å². The van der Waals surface area contributed by atoms with Gasteiger partial charge in [-0.1, -0.05) is 45.3 Å². The van der Waals surface area contributed by atoms with E-state index in [0.29, 0.717) is 30.3 Å². The predicted octanol–water partition coefficient (Wildman–Crippen LogP) is 3.08. The molecule has 9 nitrogen and oxygen atoms in total. The quantitative estimate of drug-likeness (QED) is 0.604. The molecule has 1 aliphatic carbocycles. The fourth-order valence-corrected chi connectivity index (χ4v) is 6.18. The van der Waals surface area contributed by atoms with Gasteiger partial charge in [0.05, 0.1) is 17.4 Å². The van der Waals surface area contributed by atoms with Crippen molar-refractivity contribution in [2.24, 2.45) is 5.92 Å². The highest BCUT2D eigenvalue weighted by Gasteiger charge is 2.49. The number of nitrogens with zero attached hydrogens (tertiary/aromatic N) is 5. The van der Waals surface area contributed by atoms with Crippen LogP contribution >= 0.6 is 0 Å². The van der Waals surface area contributed by atoms with E-state index in [1.807, 2.05) is 30.6 Å². The standard InChI is InChI=1S/C27H36N8O/c1-18(2)21-16-34(13-12-28-21)20-7-9-23(29-15-20)32-26-30-14-19-6-8-22-25(36)31-17-27(10-4-3-5-11-27)35(22)24(19)33-26/h6-9,14-15,18,21-22,28H,3-5,10-13,16-17H2,1-2H3,(H,31,36)(H,29,30,32,33). The largest absolute Gasteiger partial charge is 0.367 e. The van der Waals surface area contributed by atoms with Crippen molar-refractivity contribution in [1.82, 2.24) is 25.6 Å². The monoisotopic (exact) mass is 488 g/mol. The van der Waals surface area contributed by atoms with Gasteiger partial charge >= 0.3 is 0 Å². The summed E-state index contributed by atoms with van der Waals surface area (Å²) in [6, 6.07) is 4.27. The summed E-state index contributed by atoms with van der Waals surface area (Å²) in [5.74, 6) is 2.69. The number of amides is 1. The van der Waals surface area contributed by atoms with Gasteiger partial charge in [0.25, 0.3) is 0 Å². The van der Waals surface area contributed by atoms with Crippen molar-refractivity contribution in [2.45, 2.75) is 63.6 Å². The minimum absolute atomic E-state index is 0.0473. The lowest BCUT2D eigenvalue weighted by atomic mass is 9.77. The minimum Gasteiger partial charge on any atom is -0.367 e. The van der Waals surface area contributed by atoms with Gasteiger partial charge in [0.15, 0.2) is 0 Å². The summed E-state index contributed by atoms with van der Waals surface area (Å²) in [5, 5.41) is 10.1. The van der Waals surface area contributed by atoms with Crippen molar-refractivity contribution in [3.63, 3.8) is 0 Å². The summed E-state index contributed by atoms with van der Waals surface area (Å²) in [4.78, 5) is 31.6. The molecule has 2 atom stereocenters. The molecular formula is C27H36N8O. The highest BCUT2D eigenvalue weighted by atomic mass is 16.2. The normalized spacial score (nSPS) is 24.9. The fourth-order valence-electron chi connectivity index (χ4n) is 6.18. The van der Waals surface area contributed by atoms with Gasteiger partial charge in [-0.2, -0.15) is 4.98 Å². The van der Waals surface area contributed by atoms with Crippen LogP contribution in [0.2, 0.25) is 0 Å². The van der Waals surface area contributed by atoms with Crippen LogP contribution in [0.4, 0.5) is 23.3 Å². The van der Waals surface area contributed by atoms with Crippen LogP contribution in [0.5, 0.6) is 0 Å². The molecule has 36 heavy (non-hydrogen) atoms. The fraction of sp³-hybridized carbons (Fsp3) is 0.556. The molecule has 0 radical (unpaired) electrons. The molecule has 3 aliphatic heterocycles. The molecule has 1 amide bonds. The smallest absolute Gasteiger partial charge is 0.246 e. The predicted molar refractivity (Wildman–Crippen MR) is 143 cm³/mol. The van der Waals surface area contributed by atoms with Crippen molar-refractivity contribution in [1.29, 1.82) is 0 Å².